The Kier molecular flexibility index (Phi) is 4.20. The third-order valence-corrected chi connectivity index (χ3v) is 3.31. The molecule has 0 bridgehead atoms. The molecule has 1 aromatic carbocycles. The van der Waals surface area contributed by atoms with Crippen molar-refractivity contribution in [2.24, 2.45) is 5.92 Å². The second-order valence-corrected chi connectivity index (χ2v) is 5.49. The Hall–Kier alpha value is -1.55. The predicted octanol–water partition coefficient (Wildman–Crippen LogP) is 3.82. The van der Waals surface area contributed by atoms with Crippen LogP contribution in [0.4, 0.5) is 5.13 Å². The van der Waals surface area contributed by atoms with Gasteiger partial charge in [-0.15, -0.1) is 11.3 Å². The molecule has 1 aromatic heterocycles. The first kappa shape index (κ1) is 12.9. The van der Waals surface area contributed by atoms with E-state index in [1.54, 1.807) is 0 Å². The van der Waals surface area contributed by atoms with Gasteiger partial charge in [-0.3, -0.25) is 0 Å². The summed E-state index contributed by atoms with van der Waals surface area (Å²) in [7, 11) is 0. The summed E-state index contributed by atoms with van der Waals surface area (Å²) in [6, 6.07) is 7.95. The van der Waals surface area contributed by atoms with E-state index in [-0.39, 0.29) is 0 Å². The van der Waals surface area contributed by atoms with E-state index in [0.29, 0.717) is 11.0 Å². The van der Waals surface area contributed by atoms with Crippen molar-refractivity contribution in [3.05, 3.63) is 29.6 Å². The molecular weight excluding hydrogens is 244 g/mol. The minimum atomic E-state index is 0.585. The van der Waals surface area contributed by atoms with Crippen LogP contribution in [-0.2, 0) is 0 Å². The number of nitrogens with two attached hydrogens (primary N) is 1. The smallest absolute Gasteiger partial charge is 0.180 e. The van der Waals surface area contributed by atoms with E-state index in [1.807, 2.05) is 29.6 Å². The van der Waals surface area contributed by atoms with Crippen LogP contribution in [0.15, 0.2) is 29.6 Å². The minimum Gasteiger partial charge on any atom is -0.493 e. The van der Waals surface area contributed by atoms with Crippen LogP contribution < -0.4 is 10.5 Å². The molecule has 0 aliphatic heterocycles. The van der Waals surface area contributed by atoms with Crippen molar-refractivity contribution in [2.75, 3.05) is 12.3 Å². The molecule has 2 aromatic rings. The lowest BCUT2D eigenvalue weighted by molar-refractivity contribution is 0.290. The maximum absolute atomic E-state index is 5.84. The lowest BCUT2D eigenvalue weighted by atomic mass is 10.1. The van der Waals surface area contributed by atoms with Crippen molar-refractivity contribution < 1.29 is 4.74 Å². The van der Waals surface area contributed by atoms with Gasteiger partial charge in [0.2, 0.25) is 0 Å². The minimum absolute atomic E-state index is 0.585. The Balaban J connectivity index is 2.15. The topological polar surface area (TPSA) is 48.1 Å². The number of rotatable bonds is 5. The van der Waals surface area contributed by atoms with Gasteiger partial charge in [-0.1, -0.05) is 26.0 Å². The monoisotopic (exact) mass is 262 g/mol. The summed E-state index contributed by atoms with van der Waals surface area (Å²) < 4.78 is 5.84. The Morgan fingerprint density at radius 1 is 1.33 bits per heavy atom. The zero-order valence-electron chi connectivity index (χ0n) is 10.7. The van der Waals surface area contributed by atoms with E-state index in [2.05, 4.69) is 18.8 Å². The van der Waals surface area contributed by atoms with Crippen LogP contribution in [0.2, 0.25) is 0 Å². The number of nitrogen functional groups attached to an aromatic ring is 1. The Bertz CT molecular complexity index is 508. The van der Waals surface area contributed by atoms with E-state index in [0.717, 1.165) is 30.0 Å². The summed E-state index contributed by atoms with van der Waals surface area (Å²) in [5, 5.41) is 2.54. The summed E-state index contributed by atoms with van der Waals surface area (Å²) in [6.07, 6.45) is 1.05. The molecule has 2 rings (SSSR count). The number of hydrogen-bond donors (Lipinski definition) is 1. The number of ether oxygens (including phenoxy) is 1. The molecule has 0 saturated carbocycles. The highest BCUT2D eigenvalue weighted by Gasteiger charge is 2.09. The van der Waals surface area contributed by atoms with Crippen LogP contribution in [0.1, 0.15) is 20.3 Å². The van der Waals surface area contributed by atoms with Crippen LogP contribution in [0.5, 0.6) is 5.75 Å². The van der Waals surface area contributed by atoms with Crippen molar-refractivity contribution in [1.82, 2.24) is 4.98 Å². The van der Waals surface area contributed by atoms with Crippen LogP contribution in [-0.4, -0.2) is 11.6 Å². The number of thiazole rings is 1. The van der Waals surface area contributed by atoms with E-state index < -0.39 is 0 Å². The van der Waals surface area contributed by atoms with Crippen LogP contribution in [0.3, 0.4) is 0 Å². The molecule has 3 nitrogen and oxygen atoms in total. The molecule has 0 saturated heterocycles. The first-order valence-electron chi connectivity index (χ1n) is 6.10. The molecule has 0 radical (unpaired) electrons. The van der Waals surface area contributed by atoms with Gasteiger partial charge in [0, 0.05) is 10.9 Å². The summed E-state index contributed by atoms with van der Waals surface area (Å²) in [6.45, 7) is 5.11. The quantitative estimate of drug-likeness (QED) is 0.891. The first-order valence-corrected chi connectivity index (χ1v) is 6.98. The molecule has 2 N–H and O–H groups in total. The van der Waals surface area contributed by atoms with Crippen molar-refractivity contribution in [3.63, 3.8) is 0 Å². The number of para-hydroxylation sites is 1. The van der Waals surface area contributed by atoms with Gasteiger partial charge >= 0.3 is 0 Å². The molecule has 0 fully saturated rings. The van der Waals surface area contributed by atoms with E-state index >= 15 is 0 Å². The maximum atomic E-state index is 5.84. The Morgan fingerprint density at radius 2 is 2.11 bits per heavy atom. The predicted molar refractivity (Wildman–Crippen MR) is 76.9 cm³/mol. The fraction of sp³-hybridized carbons (Fsp3) is 0.357. The molecule has 96 valence electrons. The molecule has 0 spiro atoms. The SMILES string of the molecule is CC(C)CCOc1ccccc1-c1csc(N)n1. The van der Waals surface area contributed by atoms with Crippen LogP contribution in [0.25, 0.3) is 11.3 Å². The number of benzene rings is 1. The maximum Gasteiger partial charge on any atom is 0.180 e. The average Bonchev–Trinajstić information content (AvgIpc) is 2.76. The molecule has 0 unspecified atom stereocenters. The molecule has 0 amide bonds. The highest BCUT2D eigenvalue weighted by molar-refractivity contribution is 7.13. The fourth-order valence-electron chi connectivity index (χ4n) is 1.62. The first-order chi connectivity index (χ1) is 8.66. The van der Waals surface area contributed by atoms with Gasteiger partial charge in [0.05, 0.1) is 12.3 Å². The lowest BCUT2D eigenvalue weighted by Crippen LogP contribution is -2.02. The van der Waals surface area contributed by atoms with Gasteiger partial charge < -0.3 is 10.5 Å². The van der Waals surface area contributed by atoms with E-state index in [9.17, 15) is 0 Å². The largest absolute Gasteiger partial charge is 0.493 e. The zero-order chi connectivity index (χ0) is 13.0. The second-order valence-electron chi connectivity index (χ2n) is 4.60. The number of anilines is 1. The van der Waals surface area contributed by atoms with Crippen LogP contribution in [0, 0.1) is 5.92 Å². The van der Waals surface area contributed by atoms with Gasteiger partial charge in [0.15, 0.2) is 5.13 Å². The second kappa shape index (κ2) is 5.87. The van der Waals surface area contributed by atoms with Gasteiger partial charge in [-0.05, 0) is 24.5 Å². The average molecular weight is 262 g/mol. The van der Waals surface area contributed by atoms with Crippen molar-refractivity contribution >= 4 is 16.5 Å². The van der Waals surface area contributed by atoms with Gasteiger partial charge in [0.25, 0.3) is 0 Å². The molecule has 0 aliphatic carbocycles. The number of aromatic nitrogens is 1. The standard InChI is InChI=1S/C14H18N2OS/c1-10(2)7-8-17-13-6-4-3-5-11(13)12-9-18-14(15)16-12/h3-6,9-10H,7-8H2,1-2H3,(H2,15,16). The molecular formula is C14H18N2OS. The van der Waals surface area contributed by atoms with E-state index in [1.165, 1.54) is 11.3 Å². The molecule has 0 aliphatic rings. The number of hydrogen-bond acceptors (Lipinski definition) is 4. The van der Waals surface area contributed by atoms with Crippen molar-refractivity contribution in [3.8, 4) is 17.0 Å². The van der Waals surface area contributed by atoms with Crippen molar-refractivity contribution in [1.29, 1.82) is 0 Å². The van der Waals surface area contributed by atoms with Gasteiger partial charge in [-0.25, -0.2) is 4.98 Å². The Morgan fingerprint density at radius 3 is 2.78 bits per heavy atom. The normalized spacial score (nSPS) is 10.8. The third-order valence-electron chi connectivity index (χ3n) is 2.64. The third kappa shape index (κ3) is 3.23. The highest BCUT2D eigenvalue weighted by Crippen LogP contribution is 2.31. The Labute approximate surface area is 112 Å². The van der Waals surface area contributed by atoms with Crippen molar-refractivity contribution in [2.45, 2.75) is 20.3 Å². The lowest BCUT2D eigenvalue weighted by Gasteiger charge is -2.11. The molecule has 4 heteroatoms. The molecule has 18 heavy (non-hydrogen) atoms. The zero-order valence-corrected chi connectivity index (χ0v) is 11.5. The fourth-order valence-corrected chi connectivity index (χ4v) is 2.18. The van der Waals surface area contributed by atoms with E-state index in [4.69, 9.17) is 10.5 Å². The van der Waals surface area contributed by atoms with Crippen LogP contribution >= 0.6 is 11.3 Å². The molecule has 1 heterocycles. The molecule has 0 atom stereocenters. The summed E-state index contributed by atoms with van der Waals surface area (Å²) in [5.74, 6) is 1.52. The summed E-state index contributed by atoms with van der Waals surface area (Å²) in [5.41, 5.74) is 7.57. The summed E-state index contributed by atoms with van der Waals surface area (Å²) in [4.78, 5) is 4.30. The van der Waals surface area contributed by atoms with Gasteiger partial charge in [-0.2, -0.15) is 0 Å². The highest BCUT2D eigenvalue weighted by atomic mass is 32.1. The van der Waals surface area contributed by atoms with Gasteiger partial charge in [0.1, 0.15) is 5.75 Å². The summed E-state index contributed by atoms with van der Waals surface area (Å²) >= 11 is 1.45. The number of nitrogens with zero attached hydrogens (tertiary/aromatic N) is 1.